The smallest absolute Gasteiger partial charge is 0.469 e. The number of anilines is 2. The highest BCUT2D eigenvalue weighted by atomic mass is 35.5. The lowest BCUT2D eigenvalue weighted by molar-refractivity contribution is -0.142. The van der Waals surface area contributed by atoms with Crippen molar-refractivity contribution in [3.63, 3.8) is 0 Å². The number of esters is 2. The molecule has 0 aromatic heterocycles. The number of nitrogens with one attached hydrogen (secondary N) is 1. The fourth-order valence-corrected chi connectivity index (χ4v) is 8.44. The van der Waals surface area contributed by atoms with E-state index in [1.807, 2.05) is 43.3 Å². The molecule has 14 heteroatoms. The zero-order chi connectivity index (χ0) is 40.1. The predicted molar refractivity (Wildman–Crippen MR) is 222 cm³/mol. The van der Waals surface area contributed by atoms with Gasteiger partial charge in [-0.1, -0.05) is 120 Å². The van der Waals surface area contributed by atoms with Gasteiger partial charge in [0.2, 0.25) is 0 Å². The first-order chi connectivity index (χ1) is 26.4. The second kappa shape index (κ2) is 25.4. The first-order valence-electron chi connectivity index (χ1n) is 18.9. The van der Waals surface area contributed by atoms with Gasteiger partial charge in [0.05, 0.1) is 34.9 Å². The Hall–Kier alpha value is -2.90. The first kappa shape index (κ1) is 46.5. The molecule has 304 valence electrons. The molecule has 1 saturated carbocycles. The van der Waals surface area contributed by atoms with Crippen molar-refractivity contribution in [3.05, 3.63) is 70.2 Å². The summed E-state index contributed by atoms with van der Waals surface area (Å²) >= 11 is 12.6. The number of para-hydroxylation sites is 2. The minimum Gasteiger partial charge on any atom is -0.469 e. The molecule has 1 aliphatic carbocycles. The summed E-state index contributed by atoms with van der Waals surface area (Å²) in [5.41, 5.74) is 1.16. The number of unbranched alkanes of at least 4 members (excludes halogenated alkanes) is 4. The van der Waals surface area contributed by atoms with Gasteiger partial charge in [-0.05, 0) is 56.4 Å². The highest BCUT2D eigenvalue weighted by Crippen LogP contribution is 2.37. The highest BCUT2D eigenvalue weighted by Gasteiger charge is 2.43. The lowest BCUT2D eigenvalue weighted by Gasteiger charge is -2.23. The number of carbonyl (C=O) groups is 4. The highest BCUT2D eigenvalue weighted by molar-refractivity contribution is 8.76. The quantitative estimate of drug-likeness (QED) is 0.0324. The van der Waals surface area contributed by atoms with E-state index in [4.69, 9.17) is 42.1 Å². The van der Waals surface area contributed by atoms with E-state index in [1.54, 1.807) is 18.2 Å². The largest absolute Gasteiger partial charge is 0.508 e. The van der Waals surface area contributed by atoms with Gasteiger partial charge >= 0.3 is 18.1 Å². The van der Waals surface area contributed by atoms with Crippen molar-refractivity contribution >= 4 is 80.0 Å². The molecular formula is C41H55Cl2NO9S2. The number of halogens is 2. The summed E-state index contributed by atoms with van der Waals surface area (Å²) in [6.45, 7) is 4.23. The molecule has 0 heterocycles. The molecule has 0 bridgehead atoms. The molecule has 4 atom stereocenters. The molecule has 0 saturated heterocycles. The summed E-state index contributed by atoms with van der Waals surface area (Å²) in [6, 6.07) is 12.6. The molecular weight excluding hydrogens is 785 g/mol. The monoisotopic (exact) mass is 839 g/mol. The third kappa shape index (κ3) is 17.4. The molecule has 2 aromatic rings. The normalized spacial score (nSPS) is 17.9. The number of ketones is 1. The van der Waals surface area contributed by atoms with Crippen LogP contribution in [0.3, 0.4) is 0 Å². The van der Waals surface area contributed by atoms with Gasteiger partial charge < -0.3 is 29.4 Å². The molecule has 2 aromatic carbocycles. The van der Waals surface area contributed by atoms with Gasteiger partial charge in [-0.25, -0.2) is 4.79 Å². The number of benzene rings is 2. The van der Waals surface area contributed by atoms with E-state index in [1.165, 1.54) is 28.7 Å². The fourth-order valence-electron chi connectivity index (χ4n) is 6.30. The van der Waals surface area contributed by atoms with Crippen LogP contribution >= 0.6 is 44.8 Å². The minimum atomic E-state index is -0.852. The summed E-state index contributed by atoms with van der Waals surface area (Å²) in [5.74, 6) is -0.101. The lowest BCUT2D eigenvalue weighted by Crippen LogP contribution is -2.26. The topological polar surface area (TPSA) is 137 Å². The van der Waals surface area contributed by atoms with Crippen LogP contribution in [0.2, 0.25) is 10.0 Å². The van der Waals surface area contributed by atoms with E-state index < -0.39 is 17.9 Å². The summed E-state index contributed by atoms with van der Waals surface area (Å²) in [7, 11) is 4.36. The Balaban J connectivity index is 1.38. The number of methoxy groups -OCH3 is 1. The van der Waals surface area contributed by atoms with Gasteiger partial charge in [0, 0.05) is 41.9 Å². The maximum Gasteiger partial charge on any atom is 0.508 e. The Bertz CT molecular complexity index is 1540. The third-order valence-electron chi connectivity index (χ3n) is 9.29. The first-order valence-corrected chi connectivity index (χ1v) is 22.2. The number of hydrogen-bond acceptors (Lipinski definition) is 12. The number of aliphatic hydroxyl groups is 1. The van der Waals surface area contributed by atoms with E-state index in [2.05, 4.69) is 12.2 Å². The van der Waals surface area contributed by atoms with Crippen LogP contribution in [0.1, 0.15) is 90.0 Å². The van der Waals surface area contributed by atoms with Crippen molar-refractivity contribution in [1.82, 2.24) is 0 Å². The van der Waals surface area contributed by atoms with Gasteiger partial charge in [-0.3, -0.25) is 14.4 Å². The average Bonchev–Trinajstić information content (AvgIpc) is 3.44. The van der Waals surface area contributed by atoms with Crippen molar-refractivity contribution in [1.29, 1.82) is 0 Å². The Labute approximate surface area is 343 Å². The summed E-state index contributed by atoms with van der Waals surface area (Å²) < 4.78 is 21.2. The van der Waals surface area contributed by atoms with Gasteiger partial charge in [0.25, 0.3) is 0 Å². The van der Waals surface area contributed by atoms with Crippen molar-refractivity contribution in [2.75, 3.05) is 37.1 Å². The van der Waals surface area contributed by atoms with Crippen molar-refractivity contribution < 1.29 is 43.2 Å². The van der Waals surface area contributed by atoms with Crippen LogP contribution in [0.25, 0.3) is 0 Å². The van der Waals surface area contributed by atoms with Crippen molar-refractivity contribution in [2.24, 2.45) is 11.8 Å². The molecule has 0 radical (unpaired) electrons. The predicted octanol–water partition coefficient (Wildman–Crippen LogP) is 10.3. The van der Waals surface area contributed by atoms with Crippen LogP contribution in [-0.4, -0.2) is 72.5 Å². The van der Waals surface area contributed by atoms with E-state index in [-0.39, 0.29) is 55.6 Å². The second-order valence-corrected chi connectivity index (χ2v) is 17.3. The van der Waals surface area contributed by atoms with Gasteiger partial charge in [0.15, 0.2) is 0 Å². The van der Waals surface area contributed by atoms with Crippen LogP contribution in [0.15, 0.2) is 54.6 Å². The molecule has 55 heavy (non-hydrogen) atoms. The van der Waals surface area contributed by atoms with Crippen LogP contribution in [-0.2, 0) is 39.8 Å². The molecule has 1 fully saturated rings. The summed E-state index contributed by atoms with van der Waals surface area (Å²) in [4.78, 5) is 49.8. The summed E-state index contributed by atoms with van der Waals surface area (Å²) in [5, 5.41) is 14.9. The number of rotatable bonds is 25. The van der Waals surface area contributed by atoms with Crippen molar-refractivity contribution in [2.45, 2.75) is 103 Å². The maximum atomic E-state index is 13.1. The Morgan fingerprint density at radius 1 is 0.945 bits per heavy atom. The van der Waals surface area contributed by atoms with E-state index in [0.29, 0.717) is 58.6 Å². The number of hydrogen-bond donors (Lipinski definition) is 2. The van der Waals surface area contributed by atoms with Gasteiger partial charge in [0.1, 0.15) is 25.1 Å². The second-order valence-electron chi connectivity index (χ2n) is 13.8. The van der Waals surface area contributed by atoms with Crippen molar-refractivity contribution in [3.8, 4) is 0 Å². The zero-order valence-corrected chi connectivity index (χ0v) is 35.2. The van der Waals surface area contributed by atoms with E-state index >= 15 is 0 Å². The van der Waals surface area contributed by atoms with E-state index in [0.717, 1.165) is 44.1 Å². The molecule has 0 amide bonds. The van der Waals surface area contributed by atoms with Crippen LogP contribution in [0.4, 0.5) is 16.2 Å². The van der Waals surface area contributed by atoms with Gasteiger partial charge in [-0.15, -0.1) is 0 Å². The molecule has 0 spiro atoms. The van der Waals surface area contributed by atoms with Crippen LogP contribution < -0.4 is 5.32 Å². The minimum absolute atomic E-state index is 0.0512. The van der Waals surface area contributed by atoms with Crippen LogP contribution in [0, 0.1) is 11.8 Å². The number of Topliss-reactive ketones (excluding diaryl/α,β-unsaturated/α-hetero) is 1. The Kier molecular flexibility index (Phi) is 21.4. The maximum absolute atomic E-state index is 13.1. The number of ether oxygens (including phenoxy) is 4. The molecule has 1 unspecified atom stereocenters. The Morgan fingerprint density at radius 2 is 1.64 bits per heavy atom. The zero-order valence-electron chi connectivity index (χ0n) is 32.0. The average molecular weight is 841 g/mol. The lowest BCUT2D eigenvalue weighted by atomic mass is 9.87. The van der Waals surface area contributed by atoms with E-state index in [9.17, 15) is 24.3 Å². The Morgan fingerprint density at radius 3 is 2.35 bits per heavy atom. The number of carbonyl (C=O) groups excluding carboxylic acids is 4. The third-order valence-corrected chi connectivity index (χ3v) is 12.3. The molecule has 2 N–H and O–H groups in total. The molecule has 0 aliphatic heterocycles. The molecule has 3 rings (SSSR count). The molecule has 1 aliphatic rings. The standard InChI is InChI=1S/C41H55Cl2NO9S2/c1-4-5-21-41(2,49)22-13-16-31-30(15-8-6-7-9-20-37(46)50-3)35(45)28-36(31)53-40(48)52-24-26-55-54-25-23-51-38(47)27-29-14-10-11-19-34(29)44-39-32(42)17-12-18-33(39)43/h10-14,16-19,30-31,36,44,49H,4-9,15,20-28H2,1-3H3/t30-,31-,36-,41?/m1/s1. The summed E-state index contributed by atoms with van der Waals surface area (Å²) in [6.07, 6.45) is 9.90. The van der Waals surface area contributed by atoms with Gasteiger partial charge in [-0.2, -0.15) is 0 Å². The molecule has 10 nitrogen and oxygen atoms in total. The fraction of sp³-hybridized carbons (Fsp3) is 0.561. The SMILES string of the molecule is CCCCC(C)(O)CC=C[C@H]1[C@H](OC(=O)OCCSSCCOC(=O)Cc2ccccc2Nc2c(Cl)cccc2Cl)CC(=O)[C@@H]1CCCCCCC(=O)OC. The van der Waals surface area contributed by atoms with Crippen LogP contribution in [0.5, 0.6) is 0 Å².